The second kappa shape index (κ2) is 6.41. The Morgan fingerprint density at radius 2 is 2.15 bits per heavy atom. The van der Waals surface area contributed by atoms with E-state index in [1.807, 2.05) is 13.0 Å². The number of aryl methyl sites for hydroxylation is 1. The minimum absolute atomic E-state index is 0.320. The zero-order chi connectivity index (χ0) is 13.8. The van der Waals surface area contributed by atoms with Crippen LogP contribution in [-0.4, -0.2) is 27.5 Å². The van der Waals surface area contributed by atoms with Gasteiger partial charge in [-0.25, -0.2) is 0 Å². The highest BCUT2D eigenvalue weighted by atomic mass is 32.2. The molecule has 0 saturated carbocycles. The first-order valence-electron chi connectivity index (χ1n) is 7.01. The summed E-state index contributed by atoms with van der Waals surface area (Å²) in [6.45, 7) is 3.77. The fourth-order valence-electron chi connectivity index (χ4n) is 2.39. The second-order valence-corrected chi connectivity index (χ2v) is 5.99. The average molecular weight is 289 g/mol. The topological polar surface area (TPSA) is 39.9 Å². The standard InChI is InChI=1S/C15H19N3OS/c1-12-16-17-15(18(12)10-14-8-5-9-19-14)20-11-13-6-3-2-4-7-13/h2-4,6-7,14H,5,8-11H2,1H3/t14-/m0/s1. The SMILES string of the molecule is Cc1nnc(SCc2ccccc2)n1C[C@@H]1CCCO1. The lowest BCUT2D eigenvalue weighted by molar-refractivity contribution is 0.0944. The molecule has 0 bridgehead atoms. The molecule has 1 aliphatic heterocycles. The summed E-state index contributed by atoms with van der Waals surface area (Å²) >= 11 is 1.74. The van der Waals surface area contributed by atoms with Crippen LogP contribution in [0.3, 0.4) is 0 Å². The van der Waals surface area contributed by atoms with Crippen LogP contribution in [-0.2, 0) is 17.0 Å². The zero-order valence-electron chi connectivity index (χ0n) is 11.7. The van der Waals surface area contributed by atoms with Gasteiger partial charge in [-0.1, -0.05) is 42.1 Å². The molecule has 0 aliphatic carbocycles. The smallest absolute Gasteiger partial charge is 0.191 e. The molecule has 0 N–H and O–H groups in total. The maximum Gasteiger partial charge on any atom is 0.191 e. The van der Waals surface area contributed by atoms with Gasteiger partial charge in [-0.15, -0.1) is 10.2 Å². The Balaban J connectivity index is 1.66. The van der Waals surface area contributed by atoms with E-state index in [0.717, 1.165) is 36.3 Å². The third-order valence-corrected chi connectivity index (χ3v) is 4.56. The van der Waals surface area contributed by atoms with Crippen molar-refractivity contribution in [1.82, 2.24) is 14.8 Å². The number of rotatable bonds is 5. The number of nitrogens with zero attached hydrogens (tertiary/aromatic N) is 3. The molecular formula is C15H19N3OS. The van der Waals surface area contributed by atoms with Crippen LogP contribution in [0.1, 0.15) is 24.2 Å². The van der Waals surface area contributed by atoms with Gasteiger partial charge >= 0.3 is 0 Å². The van der Waals surface area contributed by atoms with Crippen LogP contribution < -0.4 is 0 Å². The minimum atomic E-state index is 0.320. The van der Waals surface area contributed by atoms with Crippen molar-refractivity contribution in [2.75, 3.05) is 6.61 Å². The molecule has 2 aromatic rings. The minimum Gasteiger partial charge on any atom is -0.376 e. The highest BCUT2D eigenvalue weighted by molar-refractivity contribution is 7.98. The van der Waals surface area contributed by atoms with Gasteiger partial charge in [-0.2, -0.15) is 0 Å². The third kappa shape index (κ3) is 3.22. The highest BCUT2D eigenvalue weighted by Crippen LogP contribution is 2.23. The van der Waals surface area contributed by atoms with Gasteiger partial charge in [-0.05, 0) is 25.3 Å². The van der Waals surface area contributed by atoms with Crippen LogP contribution in [0.4, 0.5) is 0 Å². The van der Waals surface area contributed by atoms with Gasteiger partial charge in [-0.3, -0.25) is 0 Å². The van der Waals surface area contributed by atoms with E-state index < -0.39 is 0 Å². The van der Waals surface area contributed by atoms with Gasteiger partial charge in [0.25, 0.3) is 0 Å². The summed E-state index contributed by atoms with van der Waals surface area (Å²) in [6, 6.07) is 10.5. The summed E-state index contributed by atoms with van der Waals surface area (Å²) in [7, 11) is 0. The van der Waals surface area contributed by atoms with Crippen molar-refractivity contribution in [3.05, 3.63) is 41.7 Å². The van der Waals surface area contributed by atoms with Gasteiger partial charge in [0, 0.05) is 12.4 Å². The highest BCUT2D eigenvalue weighted by Gasteiger charge is 2.19. The third-order valence-electron chi connectivity index (χ3n) is 3.52. The molecule has 2 heterocycles. The second-order valence-electron chi connectivity index (χ2n) is 5.05. The van der Waals surface area contributed by atoms with E-state index in [1.165, 1.54) is 12.0 Å². The first-order chi connectivity index (χ1) is 9.83. The molecule has 1 aromatic carbocycles. The van der Waals surface area contributed by atoms with Crippen LogP contribution in [0.25, 0.3) is 0 Å². The van der Waals surface area contributed by atoms with Crippen molar-refractivity contribution >= 4 is 11.8 Å². The molecule has 1 fully saturated rings. The van der Waals surface area contributed by atoms with Gasteiger partial charge in [0.05, 0.1) is 12.6 Å². The van der Waals surface area contributed by atoms with Crippen LogP contribution in [0, 0.1) is 6.92 Å². The fraction of sp³-hybridized carbons (Fsp3) is 0.467. The van der Waals surface area contributed by atoms with E-state index in [1.54, 1.807) is 11.8 Å². The van der Waals surface area contributed by atoms with Crippen LogP contribution in [0.5, 0.6) is 0 Å². The monoisotopic (exact) mass is 289 g/mol. The largest absolute Gasteiger partial charge is 0.376 e. The van der Waals surface area contributed by atoms with E-state index in [9.17, 15) is 0 Å². The molecule has 0 unspecified atom stereocenters. The normalized spacial score (nSPS) is 18.6. The van der Waals surface area contributed by atoms with E-state index >= 15 is 0 Å². The summed E-state index contributed by atoms with van der Waals surface area (Å²) in [4.78, 5) is 0. The van der Waals surface area contributed by atoms with Crippen molar-refractivity contribution < 1.29 is 4.74 Å². The summed E-state index contributed by atoms with van der Waals surface area (Å²) in [5, 5.41) is 9.49. The van der Waals surface area contributed by atoms with Crippen molar-refractivity contribution in [2.24, 2.45) is 0 Å². The van der Waals surface area contributed by atoms with Crippen molar-refractivity contribution in [2.45, 2.75) is 43.3 Å². The Kier molecular flexibility index (Phi) is 4.38. The van der Waals surface area contributed by atoms with Crippen molar-refractivity contribution in [3.63, 3.8) is 0 Å². The number of hydrogen-bond acceptors (Lipinski definition) is 4. The van der Waals surface area contributed by atoms with Gasteiger partial charge in [0.2, 0.25) is 0 Å². The lowest BCUT2D eigenvalue weighted by atomic mass is 10.2. The molecule has 1 aromatic heterocycles. The lowest BCUT2D eigenvalue weighted by Crippen LogP contribution is -2.16. The molecule has 1 saturated heterocycles. The molecular weight excluding hydrogens is 270 g/mol. The quantitative estimate of drug-likeness (QED) is 0.793. The summed E-state index contributed by atoms with van der Waals surface area (Å²) in [5.74, 6) is 1.89. The van der Waals surface area contributed by atoms with Gasteiger partial charge < -0.3 is 9.30 Å². The van der Waals surface area contributed by atoms with E-state index in [4.69, 9.17) is 4.74 Å². The predicted octanol–water partition coefficient (Wildman–Crippen LogP) is 3.06. The lowest BCUT2D eigenvalue weighted by Gasteiger charge is -2.13. The first kappa shape index (κ1) is 13.6. The molecule has 1 aliphatic rings. The Morgan fingerprint density at radius 3 is 2.90 bits per heavy atom. The predicted molar refractivity (Wildman–Crippen MR) is 79.7 cm³/mol. The molecule has 106 valence electrons. The van der Waals surface area contributed by atoms with E-state index in [2.05, 4.69) is 39.0 Å². The molecule has 3 rings (SSSR count). The summed E-state index contributed by atoms with van der Waals surface area (Å²) in [6.07, 6.45) is 2.62. The Hall–Kier alpha value is -1.33. The number of hydrogen-bond donors (Lipinski definition) is 0. The molecule has 1 atom stereocenters. The van der Waals surface area contributed by atoms with Gasteiger partial charge in [0.1, 0.15) is 5.82 Å². The molecule has 20 heavy (non-hydrogen) atoms. The van der Waals surface area contributed by atoms with Crippen LogP contribution in [0.2, 0.25) is 0 Å². The molecule has 0 spiro atoms. The van der Waals surface area contributed by atoms with Crippen LogP contribution >= 0.6 is 11.8 Å². The number of thioether (sulfide) groups is 1. The molecule has 4 nitrogen and oxygen atoms in total. The van der Waals surface area contributed by atoms with Crippen molar-refractivity contribution in [3.8, 4) is 0 Å². The Labute approximate surface area is 123 Å². The first-order valence-corrected chi connectivity index (χ1v) is 7.99. The Bertz CT molecular complexity index is 550. The number of ether oxygens (including phenoxy) is 1. The molecule has 5 heteroatoms. The van der Waals surface area contributed by atoms with Crippen LogP contribution in [0.15, 0.2) is 35.5 Å². The van der Waals surface area contributed by atoms with Gasteiger partial charge in [0.15, 0.2) is 5.16 Å². The van der Waals surface area contributed by atoms with Crippen molar-refractivity contribution in [1.29, 1.82) is 0 Å². The maximum atomic E-state index is 5.71. The summed E-state index contributed by atoms with van der Waals surface area (Å²) in [5.41, 5.74) is 1.31. The number of benzene rings is 1. The molecule has 0 amide bonds. The zero-order valence-corrected chi connectivity index (χ0v) is 12.5. The Morgan fingerprint density at radius 1 is 1.30 bits per heavy atom. The summed E-state index contributed by atoms with van der Waals surface area (Å²) < 4.78 is 7.90. The van der Waals surface area contributed by atoms with E-state index in [0.29, 0.717) is 6.10 Å². The fourth-order valence-corrected chi connectivity index (χ4v) is 3.34. The number of aromatic nitrogens is 3. The molecule has 0 radical (unpaired) electrons. The maximum absolute atomic E-state index is 5.71. The van der Waals surface area contributed by atoms with E-state index in [-0.39, 0.29) is 0 Å². The average Bonchev–Trinajstić information content (AvgIpc) is 3.10.